The summed E-state index contributed by atoms with van der Waals surface area (Å²) in [6, 6.07) is -0.968. The molecule has 0 saturated carbocycles. The van der Waals surface area contributed by atoms with E-state index in [-0.39, 0.29) is 18.9 Å². The number of ether oxygens (including phenoxy) is 6. The molecule has 3 aliphatic rings. The molecule has 3 heterocycles. The van der Waals surface area contributed by atoms with Gasteiger partial charge in [0.1, 0.15) is 73.2 Å². The molecule has 17 unspecified atom stereocenters. The molecule has 0 aliphatic carbocycles. The van der Waals surface area contributed by atoms with Crippen LogP contribution in [0.2, 0.25) is 0 Å². The van der Waals surface area contributed by atoms with Gasteiger partial charge in [-0.1, -0.05) is 237 Å². The average Bonchev–Trinajstić information content (AvgIpc) is 1.89. The highest BCUT2D eigenvalue weighted by Gasteiger charge is 2.53. The van der Waals surface area contributed by atoms with Crippen LogP contribution >= 0.6 is 0 Å². The predicted molar refractivity (Wildman–Crippen MR) is 333 cm³/mol. The van der Waals surface area contributed by atoms with E-state index in [0.29, 0.717) is 6.42 Å². The van der Waals surface area contributed by atoms with Crippen molar-refractivity contribution in [2.75, 3.05) is 26.4 Å². The first kappa shape index (κ1) is 78.5. The van der Waals surface area contributed by atoms with Crippen LogP contribution in [0.15, 0.2) is 24.3 Å². The fourth-order valence-corrected chi connectivity index (χ4v) is 11.8. The Labute approximate surface area is 518 Å². The minimum atomic E-state index is -1.98. The van der Waals surface area contributed by atoms with E-state index in [1.54, 1.807) is 6.08 Å². The van der Waals surface area contributed by atoms with Crippen molar-refractivity contribution < 1.29 is 89.4 Å². The molecule has 0 aromatic heterocycles. The Hall–Kier alpha value is -1.73. The summed E-state index contributed by atoms with van der Waals surface area (Å²) in [5.41, 5.74) is 0. The van der Waals surface area contributed by atoms with Gasteiger partial charge in [-0.3, -0.25) is 4.79 Å². The quantitative estimate of drug-likeness (QED) is 0.0200. The fraction of sp³-hybridized carbons (Fsp3) is 0.925. The van der Waals surface area contributed by atoms with Crippen LogP contribution in [0.5, 0.6) is 0 Å². The Morgan fingerprint density at radius 2 is 0.733 bits per heavy atom. The first-order valence-electron chi connectivity index (χ1n) is 34.6. The Morgan fingerprint density at radius 3 is 1.13 bits per heavy atom. The third kappa shape index (κ3) is 32.0. The summed E-state index contributed by atoms with van der Waals surface area (Å²) in [6.45, 7) is 1.72. The van der Waals surface area contributed by atoms with Crippen molar-refractivity contribution >= 4 is 5.91 Å². The van der Waals surface area contributed by atoms with E-state index in [0.717, 1.165) is 44.9 Å². The summed E-state index contributed by atoms with van der Waals surface area (Å²) >= 11 is 0. The zero-order valence-electron chi connectivity index (χ0n) is 53.3. The standard InChI is InChI=1S/C67H125NO18/c1-3-5-7-9-11-13-15-16-17-18-19-20-21-22-23-24-25-26-27-28-29-30-31-32-33-34-35-37-39-41-43-45-55(73)68-50(51(72)44-42-40-38-36-14-12-10-8-6-4-2)49-81-65-61(79)58(76)63(53(47-70)83-65)86-67-62(80)59(77)64(54(48-71)84-67)85-66-60(78)57(75)56(74)52(46-69)82-66/h18-19,42,44,50-54,56-67,69-72,74-80H,3-17,20-41,43,45-49H2,1-2H3,(H,68,73)/b19-18-,44-42+. The number of aliphatic hydroxyl groups is 11. The normalized spacial score (nSPS) is 28.9. The zero-order valence-corrected chi connectivity index (χ0v) is 53.3. The molecule has 86 heavy (non-hydrogen) atoms. The van der Waals surface area contributed by atoms with E-state index >= 15 is 0 Å². The number of unbranched alkanes of at least 4 members (excludes halogenated alkanes) is 35. The summed E-state index contributed by atoms with van der Waals surface area (Å²) in [5.74, 6) is -0.273. The second kappa shape index (κ2) is 49.9. The van der Waals surface area contributed by atoms with Gasteiger partial charge in [0.05, 0.1) is 38.6 Å². The Morgan fingerprint density at radius 1 is 0.407 bits per heavy atom. The van der Waals surface area contributed by atoms with Crippen LogP contribution in [0.3, 0.4) is 0 Å². The van der Waals surface area contributed by atoms with Crippen LogP contribution in [0.25, 0.3) is 0 Å². The highest BCUT2D eigenvalue weighted by atomic mass is 16.8. The van der Waals surface area contributed by atoms with Crippen molar-refractivity contribution in [2.24, 2.45) is 0 Å². The average molecular weight is 1230 g/mol. The van der Waals surface area contributed by atoms with Crippen molar-refractivity contribution in [3.63, 3.8) is 0 Å². The lowest BCUT2D eigenvalue weighted by molar-refractivity contribution is -0.379. The van der Waals surface area contributed by atoms with E-state index in [9.17, 15) is 61.0 Å². The number of amides is 1. The molecule has 0 spiro atoms. The highest BCUT2D eigenvalue weighted by Crippen LogP contribution is 2.33. The van der Waals surface area contributed by atoms with Crippen LogP contribution in [0.1, 0.15) is 264 Å². The van der Waals surface area contributed by atoms with Crippen LogP contribution < -0.4 is 5.32 Å². The maximum Gasteiger partial charge on any atom is 0.220 e. The minimum Gasteiger partial charge on any atom is -0.394 e. The molecule has 12 N–H and O–H groups in total. The number of carbonyl (C=O) groups excluding carboxylic acids is 1. The number of carbonyl (C=O) groups is 1. The van der Waals surface area contributed by atoms with Gasteiger partial charge in [0.25, 0.3) is 0 Å². The predicted octanol–water partition coefficient (Wildman–Crippen LogP) is 8.66. The van der Waals surface area contributed by atoms with E-state index in [1.807, 2.05) is 6.08 Å². The summed E-state index contributed by atoms with van der Waals surface area (Å²) in [4.78, 5) is 13.3. The number of allylic oxidation sites excluding steroid dienone is 3. The largest absolute Gasteiger partial charge is 0.394 e. The lowest BCUT2D eigenvalue weighted by atomic mass is 9.96. The first-order chi connectivity index (χ1) is 41.8. The number of aliphatic hydroxyl groups excluding tert-OH is 11. The Kier molecular flexibility index (Phi) is 45.6. The molecular formula is C67H125NO18. The monoisotopic (exact) mass is 1230 g/mol. The molecular weight excluding hydrogens is 1110 g/mol. The van der Waals surface area contributed by atoms with Gasteiger partial charge in [-0.15, -0.1) is 0 Å². The molecule has 506 valence electrons. The number of rotatable bonds is 53. The van der Waals surface area contributed by atoms with E-state index in [2.05, 4.69) is 31.3 Å². The molecule has 0 aromatic carbocycles. The minimum absolute atomic E-state index is 0.247. The molecule has 0 radical (unpaired) electrons. The molecule has 1 amide bonds. The number of hydrogen-bond acceptors (Lipinski definition) is 18. The molecule has 0 aromatic rings. The van der Waals surface area contributed by atoms with E-state index in [4.69, 9.17) is 28.4 Å². The van der Waals surface area contributed by atoms with Crippen LogP contribution in [-0.4, -0.2) is 193 Å². The number of hydrogen-bond donors (Lipinski definition) is 12. The Bertz CT molecular complexity index is 1660. The lowest BCUT2D eigenvalue weighted by Gasteiger charge is -2.48. The summed E-state index contributed by atoms with van der Waals surface area (Å²) in [5, 5.41) is 120. The summed E-state index contributed by atoms with van der Waals surface area (Å²) in [6.07, 6.45) is 29.1. The van der Waals surface area contributed by atoms with Gasteiger partial charge in [0.15, 0.2) is 18.9 Å². The van der Waals surface area contributed by atoms with Crippen molar-refractivity contribution in [3.05, 3.63) is 24.3 Å². The van der Waals surface area contributed by atoms with Gasteiger partial charge in [-0.05, 0) is 44.9 Å². The fourth-order valence-electron chi connectivity index (χ4n) is 11.8. The molecule has 3 saturated heterocycles. The molecule has 3 aliphatic heterocycles. The summed E-state index contributed by atoms with van der Waals surface area (Å²) in [7, 11) is 0. The highest BCUT2D eigenvalue weighted by molar-refractivity contribution is 5.76. The smallest absolute Gasteiger partial charge is 0.220 e. The molecule has 3 fully saturated rings. The van der Waals surface area contributed by atoms with Crippen LogP contribution in [0, 0.1) is 0 Å². The lowest BCUT2D eigenvalue weighted by Crippen LogP contribution is -2.66. The zero-order chi connectivity index (χ0) is 62.6. The topological polar surface area (TPSA) is 307 Å². The van der Waals surface area contributed by atoms with E-state index < -0.39 is 124 Å². The second-order valence-electron chi connectivity index (χ2n) is 25.0. The van der Waals surface area contributed by atoms with Gasteiger partial charge in [0.2, 0.25) is 5.91 Å². The maximum absolute atomic E-state index is 13.3. The molecule has 19 heteroatoms. The molecule has 3 rings (SSSR count). The van der Waals surface area contributed by atoms with Crippen LogP contribution in [0.4, 0.5) is 0 Å². The van der Waals surface area contributed by atoms with Crippen LogP contribution in [-0.2, 0) is 33.2 Å². The van der Waals surface area contributed by atoms with Gasteiger partial charge in [-0.25, -0.2) is 0 Å². The van der Waals surface area contributed by atoms with Gasteiger partial charge < -0.3 is 89.9 Å². The number of nitrogens with one attached hydrogen (secondary N) is 1. The maximum atomic E-state index is 13.3. The third-order valence-corrected chi connectivity index (χ3v) is 17.5. The molecule has 19 nitrogen and oxygen atoms in total. The van der Waals surface area contributed by atoms with Gasteiger partial charge in [-0.2, -0.15) is 0 Å². The van der Waals surface area contributed by atoms with Crippen molar-refractivity contribution in [1.82, 2.24) is 5.32 Å². The third-order valence-electron chi connectivity index (χ3n) is 17.5. The Balaban J connectivity index is 1.34. The van der Waals surface area contributed by atoms with Gasteiger partial charge >= 0.3 is 0 Å². The second-order valence-corrected chi connectivity index (χ2v) is 25.0. The van der Waals surface area contributed by atoms with Crippen molar-refractivity contribution in [3.8, 4) is 0 Å². The first-order valence-corrected chi connectivity index (χ1v) is 34.6. The van der Waals surface area contributed by atoms with Crippen molar-refractivity contribution in [1.29, 1.82) is 0 Å². The SMILES string of the molecule is CCCCCCCCCC/C=C\CCCCCCCCCCCCCCCCCCCCCC(=O)NC(COC1OC(CO)C(OC2OC(CO)C(OC3OC(CO)C(O)C(O)C3O)C(O)C2O)C(O)C1O)C(O)/C=C/CCCCCCCCCC. The molecule has 17 atom stereocenters. The van der Waals surface area contributed by atoms with Crippen molar-refractivity contribution in [2.45, 2.75) is 369 Å². The van der Waals surface area contributed by atoms with E-state index in [1.165, 1.54) is 193 Å². The summed E-state index contributed by atoms with van der Waals surface area (Å²) < 4.78 is 34.3. The van der Waals surface area contributed by atoms with Gasteiger partial charge in [0, 0.05) is 6.42 Å². The molecule has 0 bridgehead atoms.